The normalized spacial score (nSPS) is 14.5. The second-order valence-electron chi connectivity index (χ2n) is 7.28. The maximum Gasteiger partial charge on any atom is 0.294 e. The summed E-state index contributed by atoms with van der Waals surface area (Å²) in [5.41, 5.74) is 1.23. The van der Waals surface area contributed by atoms with Gasteiger partial charge in [0.15, 0.2) is 0 Å². The van der Waals surface area contributed by atoms with E-state index in [4.69, 9.17) is 4.74 Å². The summed E-state index contributed by atoms with van der Waals surface area (Å²) in [7, 11) is 0. The van der Waals surface area contributed by atoms with Crippen molar-refractivity contribution >= 4 is 40.6 Å². The Bertz CT molecular complexity index is 1300. The summed E-state index contributed by atoms with van der Waals surface area (Å²) in [6.45, 7) is -0.461. The van der Waals surface area contributed by atoms with E-state index in [0.717, 1.165) is 11.0 Å². The van der Waals surface area contributed by atoms with Gasteiger partial charge in [-0.15, -0.1) is 0 Å². The summed E-state index contributed by atoms with van der Waals surface area (Å²) >= 11 is 0.714. The molecule has 4 rings (SSSR count). The van der Waals surface area contributed by atoms with E-state index >= 15 is 0 Å². The van der Waals surface area contributed by atoms with E-state index in [1.807, 2.05) is 0 Å². The lowest BCUT2D eigenvalue weighted by molar-refractivity contribution is -0.127. The van der Waals surface area contributed by atoms with Crippen molar-refractivity contribution in [2.45, 2.75) is 6.61 Å². The minimum absolute atomic E-state index is 0.0348. The molecular weight excluding hydrogens is 462 g/mol. The molecule has 0 saturated carbocycles. The Kier molecular flexibility index (Phi) is 7.03. The van der Waals surface area contributed by atoms with Crippen molar-refractivity contribution in [2.24, 2.45) is 0 Å². The van der Waals surface area contributed by atoms with E-state index in [9.17, 15) is 23.2 Å². The lowest BCUT2D eigenvalue weighted by atomic mass is 10.2. The molecular formula is C25H18F2N2O4S. The van der Waals surface area contributed by atoms with Gasteiger partial charge in [-0.05, 0) is 59.8 Å². The topological polar surface area (TPSA) is 75.7 Å². The van der Waals surface area contributed by atoms with Crippen LogP contribution in [0.4, 0.5) is 19.3 Å². The number of benzene rings is 3. The van der Waals surface area contributed by atoms with Crippen LogP contribution in [0.5, 0.6) is 5.75 Å². The van der Waals surface area contributed by atoms with Gasteiger partial charge >= 0.3 is 0 Å². The minimum atomic E-state index is -0.627. The lowest BCUT2D eigenvalue weighted by Crippen LogP contribution is -2.36. The number of carbonyl (C=O) groups is 3. The second-order valence-corrected chi connectivity index (χ2v) is 8.27. The number of ether oxygens (including phenoxy) is 1. The van der Waals surface area contributed by atoms with Crippen molar-refractivity contribution in [3.05, 3.63) is 100 Å². The predicted molar refractivity (Wildman–Crippen MR) is 125 cm³/mol. The first-order valence-electron chi connectivity index (χ1n) is 10.2. The average Bonchev–Trinajstić information content (AvgIpc) is 3.06. The highest BCUT2D eigenvalue weighted by Crippen LogP contribution is 2.32. The minimum Gasteiger partial charge on any atom is -0.489 e. The molecule has 3 amide bonds. The van der Waals surface area contributed by atoms with Gasteiger partial charge in [-0.25, -0.2) is 8.78 Å². The fraction of sp³-hybridized carbons (Fsp3) is 0.0800. The number of imide groups is 1. The fourth-order valence-corrected chi connectivity index (χ4v) is 4.01. The van der Waals surface area contributed by atoms with Gasteiger partial charge in [0.25, 0.3) is 11.1 Å². The average molecular weight is 480 g/mol. The zero-order valence-electron chi connectivity index (χ0n) is 17.7. The first kappa shape index (κ1) is 23.2. The molecule has 0 atom stereocenters. The van der Waals surface area contributed by atoms with Crippen LogP contribution in [-0.2, 0) is 16.2 Å². The van der Waals surface area contributed by atoms with E-state index in [2.05, 4.69) is 5.32 Å². The Morgan fingerprint density at radius 2 is 1.79 bits per heavy atom. The number of nitrogens with one attached hydrogen (secondary N) is 1. The van der Waals surface area contributed by atoms with Crippen molar-refractivity contribution in [3.8, 4) is 5.75 Å². The maximum atomic E-state index is 13.8. The summed E-state index contributed by atoms with van der Waals surface area (Å²) in [4.78, 5) is 38.2. The molecule has 0 bridgehead atoms. The molecule has 1 aliphatic heterocycles. The van der Waals surface area contributed by atoms with Gasteiger partial charge in [-0.1, -0.05) is 36.4 Å². The van der Waals surface area contributed by atoms with Gasteiger partial charge in [0.05, 0.1) is 4.91 Å². The predicted octanol–water partition coefficient (Wildman–Crippen LogP) is 5.22. The molecule has 6 nitrogen and oxygen atoms in total. The quantitative estimate of drug-likeness (QED) is 0.470. The van der Waals surface area contributed by atoms with Crippen LogP contribution in [0.1, 0.15) is 11.1 Å². The first-order chi connectivity index (χ1) is 16.4. The van der Waals surface area contributed by atoms with Gasteiger partial charge in [0.1, 0.15) is 30.5 Å². The van der Waals surface area contributed by atoms with E-state index < -0.39 is 29.4 Å². The Labute approximate surface area is 198 Å². The Balaban J connectivity index is 1.41. The van der Waals surface area contributed by atoms with Crippen molar-refractivity contribution in [1.82, 2.24) is 4.90 Å². The molecule has 0 aromatic heterocycles. The zero-order chi connectivity index (χ0) is 24.1. The third kappa shape index (κ3) is 5.68. The van der Waals surface area contributed by atoms with Crippen LogP contribution >= 0.6 is 11.8 Å². The highest BCUT2D eigenvalue weighted by molar-refractivity contribution is 8.18. The van der Waals surface area contributed by atoms with Crippen LogP contribution < -0.4 is 10.1 Å². The number of anilines is 1. The summed E-state index contributed by atoms with van der Waals surface area (Å²) in [5, 5.41) is 1.87. The van der Waals surface area contributed by atoms with Crippen molar-refractivity contribution in [1.29, 1.82) is 0 Å². The van der Waals surface area contributed by atoms with Crippen LogP contribution in [0.15, 0.2) is 77.7 Å². The monoisotopic (exact) mass is 480 g/mol. The molecule has 1 heterocycles. The van der Waals surface area contributed by atoms with Gasteiger partial charge in [-0.2, -0.15) is 0 Å². The first-order valence-corrected chi connectivity index (χ1v) is 11.0. The summed E-state index contributed by atoms with van der Waals surface area (Å²) in [5.74, 6) is -1.66. The molecule has 1 saturated heterocycles. The molecule has 1 fully saturated rings. The van der Waals surface area contributed by atoms with Gasteiger partial charge in [0.2, 0.25) is 5.91 Å². The molecule has 3 aromatic rings. The molecule has 9 heteroatoms. The number of rotatable bonds is 7. The standard InChI is InChI=1S/C25H18F2N2O4S/c26-18-7-4-8-19(13-18)28-23(30)14-29-24(31)22(34-25(29)32)12-16-5-3-9-20(11-16)33-15-17-6-1-2-10-21(17)27/h1-13H,14-15H2,(H,28,30)/b22-12+. The summed E-state index contributed by atoms with van der Waals surface area (Å²) < 4.78 is 32.7. The van der Waals surface area contributed by atoms with Gasteiger partial charge in [-0.3, -0.25) is 19.3 Å². The van der Waals surface area contributed by atoms with E-state index in [1.54, 1.807) is 42.5 Å². The molecule has 34 heavy (non-hydrogen) atoms. The zero-order valence-corrected chi connectivity index (χ0v) is 18.5. The van der Waals surface area contributed by atoms with Crippen molar-refractivity contribution < 1.29 is 27.9 Å². The Morgan fingerprint density at radius 1 is 1.00 bits per heavy atom. The SMILES string of the molecule is O=C(CN1C(=O)S/C(=C/c2cccc(OCc3ccccc3F)c2)C1=O)Nc1cccc(F)c1. The fourth-order valence-electron chi connectivity index (χ4n) is 3.17. The summed E-state index contributed by atoms with van der Waals surface area (Å²) in [6, 6.07) is 18.4. The highest BCUT2D eigenvalue weighted by atomic mass is 32.2. The molecule has 3 aromatic carbocycles. The number of hydrogen-bond donors (Lipinski definition) is 1. The molecule has 172 valence electrons. The Hall–Kier alpha value is -3.98. The highest BCUT2D eigenvalue weighted by Gasteiger charge is 2.36. The van der Waals surface area contributed by atoms with E-state index in [0.29, 0.717) is 28.6 Å². The molecule has 0 unspecified atom stereocenters. The molecule has 1 N–H and O–H groups in total. The number of halogens is 2. The smallest absolute Gasteiger partial charge is 0.294 e. The molecule has 0 aliphatic carbocycles. The molecule has 0 spiro atoms. The van der Waals surface area contributed by atoms with Crippen molar-refractivity contribution in [3.63, 3.8) is 0 Å². The number of amides is 3. The molecule has 0 radical (unpaired) electrons. The largest absolute Gasteiger partial charge is 0.489 e. The van der Waals surface area contributed by atoms with Crippen LogP contribution in [0, 0.1) is 11.6 Å². The lowest BCUT2D eigenvalue weighted by Gasteiger charge is -2.12. The van der Waals surface area contributed by atoms with E-state index in [1.165, 1.54) is 30.3 Å². The van der Waals surface area contributed by atoms with Crippen LogP contribution in [-0.4, -0.2) is 28.5 Å². The van der Waals surface area contributed by atoms with E-state index in [-0.39, 0.29) is 23.0 Å². The molecule has 1 aliphatic rings. The Morgan fingerprint density at radius 3 is 2.59 bits per heavy atom. The maximum absolute atomic E-state index is 13.8. The number of nitrogens with zero attached hydrogens (tertiary/aromatic N) is 1. The van der Waals surface area contributed by atoms with Crippen LogP contribution in [0.3, 0.4) is 0 Å². The van der Waals surface area contributed by atoms with Crippen molar-refractivity contribution in [2.75, 3.05) is 11.9 Å². The third-order valence-corrected chi connectivity index (χ3v) is 5.70. The van der Waals surface area contributed by atoms with Crippen LogP contribution in [0.25, 0.3) is 6.08 Å². The van der Waals surface area contributed by atoms with Crippen LogP contribution in [0.2, 0.25) is 0 Å². The second kappa shape index (κ2) is 10.3. The number of carbonyl (C=O) groups excluding carboxylic acids is 3. The van der Waals surface area contributed by atoms with Gasteiger partial charge < -0.3 is 10.1 Å². The van der Waals surface area contributed by atoms with Gasteiger partial charge in [0, 0.05) is 11.3 Å². The number of thioether (sulfide) groups is 1. The number of hydrogen-bond acceptors (Lipinski definition) is 5. The summed E-state index contributed by atoms with van der Waals surface area (Å²) in [6.07, 6.45) is 1.52. The third-order valence-electron chi connectivity index (χ3n) is 4.79.